The molecule has 2 N–H and O–H groups in total. The maximum absolute atomic E-state index is 13.3. The molecular weight excluding hydrogens is 267 g/mol. The highest BCUT2D eigenvalue weighted by atomic mass is 32.1. The highest BCUT2D eigenvalue weighted by Gasteiger charge is 2.34. The van der Waals surface area contributed by atoms with Gasteiger partial charge in [0.15, 0.2) is 0 Å². The third-order valence-electron chi connectivity index (χ3n) is 3.39. The molecule has 2 atom stereocenters. The lowest BCUT2D eigenvalue weighted by molar-refractivity contribution is -0.00461. The van der Waals surface area contributed by atoms with E-state index in [1.165, 1.54) is 12.1 Å². The topological polar surface area (TPSA) is 47.7 Å². The van der Waals surface area contributed by atoms with Crippen molar-refractivity contribution < 1.29 is 13.9 Å². The van der Waals surface area contributed by atoms with E-state index >= 15 is 0 Å². The lowest BCUT2D eigenvalue weighted by atomic mass is 10.1. The molecule has 0 aromatic heterocycles. The lowest BCUT2D eigenvalue weighted by Gasteiger charge is -2.21. The number of ether oxygens (including phenoxy) is 2. The Labute approximate surface area is 117 Å². The van der Waals surface area contributed by atoms with Gasteiger partial charge < -0.3 is 20.1 Å². The van der Waals surface area contributed by atoms with Crippen LogP contribution in [-0.2, 0) is 9.47 Å². The van der Waals surface area contributed by atoms with Crippen molar-refractivity contribution in [3.8, 4) is 0 Å². The Morgan fingerprint density at radius 2 is 1.89 bits per heavy atom. The number of hydrogen-bond acceptors (Lipinski definition) is 4. The summed E-state index contributed by atoms with van der Waals surface area (Å²) in [5.74, 6) is -0.350. The molecule has 0 saturated carbocycles. The number of nitrogens with zero attached hydrogens (tertiary/aromatic N) is 1. The predicted molar refractivity (Wildman–Crippen MR) is 76.1 cm³/mol. The minimum Gasteiger partial charge on any atom is -0.389 e. The van der Waals surface area contributed by atoms with E-state index in [1.54, 1.807) is 20.3 Å². The van der Waals surface area contributed by atoms with Gasteiger partial charge in [-0.1, -0.05) is 12.2 Å². The Balaban J connectivity index is 2.30. The molecule has 2 rings (SSSR count). The first-order chi connectivity index (χ1) is 9.06. The molecule has 1 aliphatic rings. The average Bonchev–Trinajstić information content (AvgIpc) is 2.81. The van der Waals surface area contributed by atoms with Crippen LogP contribution in [0.5, 0.6) is 0 Å². The summed E-state index contributed by atoms with van der Waals surface area (Å²) in [5, 5.41) is 0. The molecule has 1 heterocycles. The zero-order valence-electron chi connectivity index (χ0n) is 10.9. The van der Waals surface area contributed by atoms with Gasteiger partial charge in [-0.25, -0.2) is 4.39 Å². The molecule has 6 heteroatoms. The molecule has 1 fully saturated rings. The third kappa shape index (κ3) is 2.86. The number of benzene rings is 1. The molecule has 0 radical (unpaired) electrons. The molecule has 4 nitrogen and oxygen atoms in total. The lowest BCUT2D eigenvalue weighted by Crippen LogP contribution is -2.27. The monoisotopic (exact) mass is 284 g/mol. The van der Waals surface area contributed by atoms with Crippen molar-refractivity contribution in [3.05, 3.63) is 29.6 Å². The van der Waals surface area contributed by atoms with Crippen LogP contribution in [0.2, 0.25) is 0 Å². The Kier molecular flexibility index (Phi) is 4.34. The van der Waals surface area contributed by atoms with Crippen molar-refractivity contribution in [2.45, 2.75) is 12.2 Å². The zero-order chi connectivity index (χ0) is 14.0. The molecule has 0 amide bonds. The zero-order valence-corrected chi connectivity index (χ0v) is 11.7. The van der Waals surface area contributed by atoms with E-state index in [2.05, 4.69) is 4.90 Å². The van der Waals surface area contributed by atoms with E-state index in [-0.39, 0.29) is 23.0 Å². The van der Waals surface area contributed by atoms with Gasteiger partial charge in [0, 0.05) is 38.6 Å². The Morgan fingerprint density at radius 1 is 1.32 bits per heavy atom. The SMILES string of the molecule is COC1CN(c2ccc(F)cc2C(N)=S)CC1OC. The van der Waals surface area contributed by atoms with Crippen LogP contribution in [0.3, 0.4) is 0 Å². The Hall–Kier alpha value is -1.24. The van der Waals surface area contributed by atoms with Gasteiger partial charge in [-0.2, -0.15) is 0 Å². The van der Waals surface area contributed by atoms with E-state index in [0.717, 1.165) is 5.69 Å². The summed E-state index contributed by atoms with van der Waals surface area (Å²) < 4.78 is 24.1. The minimum absolute atomic E-state index is 0.0192. The first kappa shape index (κ1) is 14.2. The van der Waals surface area contributed by atoms with Crippen LogP contribution < -0.4 is 10.6 Å². The van der Waals surface area contributed by atoms with Crippen molar-refractivity contribution in [1.29, 1.82) is 0 Å². The summed E-state index contributed by atoms with van der Waals surface area (Å²) in [6.07, 6.45) is -0.0384. The number of hydrogen-bond donors (Lipinski definition) is 1. The van der Waals surface area contributed by atoms with E-state index in [1.807, 2.05) is 0 Å². The average molecular weight is 284 g/mol. The van der Waals surface area contributed by atoms with Gasteiger partial charge in [0.2, 0.25) is 0 Å². The second kappa shape index (κ2) is 5.81. The number of anilines is 1. The van der Waals surface area contributed by atoms with Gasteiger partial charge in [-0.15, -0.1) is 0 Å². The normalized spacial score (nSPS) is 22.8. The van der Waals surface area contributed by atoms with E-state index in [0.29, 0.717) is 18.7 Å². The molecule has 0 aliphatic carbocycles. The van der Waals surface area contributed by atoms with Crippen molar-refractivity contribution in [2.24, 2.45) is 5.73 Å². The third-order valence-corrected chi connectivity index (χ3v) is 3.61. The van der Waals surface area contributed by atoms with Gasteiger partial charge >= 0.3 is 0 Å². The van der Waals surface area contributed by atoms with Crippen molar-refractivity contribution in [3.63, 3.8) is 0 Å². The van der Waals surface area contributed by atoms with Crippen LogP contribution in [0, 0.1) is 5.82 Å². The molecule has 2 unspecified atom stereocenters. The predicted octanol–water partition coefficient (Wildman–Crippen LogP) is 1.31. The molecule has 0 bridgehead atoms. The van der Waals surface area contributed by atoms with Gasteiger partial charge in [0.1, 0.15) is 23.0 Å². The van der Waals surface area contributed by atoms with Crippen LogP contribution in [0.25, 0.3) is 0 Å². The van der Waals surface area contributed by atoms with Crippen LogP contribution in [-0.4, -0.2) is 44.5 Å². The second-order valence-corrected chi connectivity index (χ2v) is 4.92. The van der Waals surface area contributed by atoms with Crippen molar-refractivity contribution in [2.75, 3.05) is 32.2 Å². The fourth-order valence-electron chi connectivity index (χ4n) is 2.37. The van der Waals surface area contributed by atoms with Crippen molar-refractivity contribution >= 4 is 22.9 Å². The highest BCUT2D eigenvalue weighted by molar-refractivity contribution is 7.80. The van der Waals surface area contributed by atoms with Gasteiger partial charge in [0.05, 0.1) is 0 Å². The quantitative estimate of drug-likeness (QED) is 0.845. The fraction of sp³-hybridized carbons (Fsp3) is 0.462. The van der Waals surface area contributed by atoms with E-state index in [4.69, 9.17) is 27.4 Å². The molecule has 1 aromatic rings. The maximum Gasteiger partial charge on any atom is 0.124 e. The van der Waals surface area contributed by atoms with E-state index in [9.17, 15) is 4.39 Å². The van der Waals surface area contributed by atoms with Crippen molar-refractivity contribution in [1.82, 2.24) is 0 Å². The molecule has 1 aliphatic heterocycles. The number of thiocarbonyl (C=S) groups is 1. The summed E-state index contributed by atoms with van der Waals surface area (Å²) in [5.41, 5.74) is 7.02. The molecule has 0 spiro atoms. The number of rotatable bonds is 4. The second-order valence-electron chi connectivity index (χ2n) is 4.48. The van der Waals surface area contributed by atoms with Gasteiger partial charge in [0.25, 0.3) is 0 Å². The molecular formula is C13H17FN2O2S. The van der Waals surface area contributed by atoms with Crippen LogP contribution in [0.4, 0.5) is 10.1 Å². The highest BCUT2D eigenvalue weighted by Crippen LogP contribution is 2.27. The summed E-state index contributed by atoms with van der Waals surface area (Å²) in [4.78, 5) is 2.24. The molecule has 104 valence electrons. The minimum atomic E-state index is -0.350. The number of nitrogens with two attached hydrogens (primary N) is 1. The van der Waals surface area contributed by atoms with Gasteiger partial charge in [-0.3, -0.25) is 0 Å². The number of halogens is 1. The summed E-state index contributed by atoms with van der Waals surface area (Å²) in [7, 11) is 3.30. The fourth-order valence-corrected chi connectivity index (χ4v) is 2.54. The van der Waals surface area contributed by atoms with Gasteiger partial charge in [-0.05, 0) is 18.2 Å². The Bertz CT molecular complexity index is 472. The molecule has 1 aromatic carbocycles. The summed E-state index contributed by atoms with van der Waals surface area (Å²) >= 11 is 4.98. The Morgan fingerprint density at radius 3 is 2.37 bits per heavy atom. The summed E-state index contributed by atoms with van der Waals surface area (Å²) in [6.45, 7) is 1.33. The molecule has 19 heavy (non-hydrogen) atoms. The smallest absolute Gasteiger partial charge is 0.124 e. The van der Waals surface area contributed by atoms with E-state index < -0.39 is 0 Å². The summed E-state index contributed by atoms with van der Waals surface area (Å²) in [6, 6.07) is 4.45. The van der Waals surface area contributed by atoms with Crippen LogP contribution >= 0.6 is 12.2 Å². The standard InChI is InChI=1S/C13H17FN2O2S/c1-17-11-6-16(7-12(11)18-2)10-4-3-8(14)5-9(10)13(15)19/h3-5,11-12H,6-7H2,1-2H3,(H2,15,19). The molecule has 1 saturated heterocycles. The van der Waals surface area contributed by atoms with Crippen LogP contribution in [0.15, 0.2) is 18.2 Å². The maximum atomic E-state index is 13.3. The largest absolute Gasteiger partial charge is 0.389 e. The first-order valence-electron chi connectivity index (χ1n) is 5.96. The number of methoxy groups -OCH3 is 2. The van der Waals surface area contributed by atoms with Crippen LogP contribution in [0.1, 0.15) is 5.56 Å². The first-order valence-corrected chi connectivity index (χ1v) is 6.37.